The number of nitrogens with one attached hydrogen (secondary N) is 1. The highest BCUT2D eigenvalue weighted by atomic mass is 31.2. The van der Waals surface area contributed by atoms with Crippen LogP contribution < -0.4 is 10.6 Å². The average Bonchev–Trinajstić information content (AvgIpc) is 2.04. The molecule has 1 rings (SSSR count). The third-order valence-corrected chi connectivity index (χ3v) is 2.49. The number of hydrogen-bond acceptors (Lipinski definition) is 2. The lowest BCUT2D eigenvalue weighted by molar-refractivity contribution is 0.387. The van der Waals surface area contributed by atoms with Crippen LogP contribution in [0, 0.1) is 0 Å². The van der Waals surface area contributed by atoms with Crippen LogP contribution in [0.4, 0.5) is 5.69 Å². The molecular weight excluding hydrogens is 189 g/mol. The van der Waals surface area contributed by atoms with Crippen molar-refractivity contribution < 1.29 is 14.4 Å². The Labute approximate surface area is 76.1 Å². The Bertz CT molecular complexity index is 358. The van der Waals surface area contributed by atoms with Crippen molar-refractivity contribution in [3.63, 3.8) is 0 Å². The standard InChI is InChI=1S/C8H10NO3P/c1-2-9-7-5-3-4-6-8(7)13(10,11)12/h2-6,9H,1H2,(H2,10,11,12). The van der Waals surface area contributed by atoms with Gasteiger partial charge in [-0.25, -0.2) is 0 Å². The summed E-state index contributed by atoms with van der Waals surface area (Å²) < 4.78 is 10.9. The lowest BCUT2D eigenvalue weighted by atomic mass is 10.3. The minimum Gasteiger partial charge on any atom is -0.362 e. The van der Waals surface area contributed by atoms with Gasteiger partial charge in [-0.3, -0.25) is 4.57 Å². The monoisotopic (exact) mass is 199 g/mol. The van der Waals surface area contributed by atoms with E-state index in [1.807, 2.05) is 0 Å². The first-order valence-corrected chi connectivity index (χ1v) is 5.19. The van der Waals surface area contributed by atoms with Crippen LogP contribution in [0.1, 0.15) is 0 Å². The minimum absolute atomic E-state index is 0.0186. The van der Waals surface area contributed by atoms with E-state index in [1.165, 1.54) is 12.3 Å². The molecule has 0 radical (unpaired) electrons. The molecule has 0 saturated heterocycles. The molecule has 0 aliphatic carbocycles. The quantitative estimate of drug-likeness (QED) is 0.636. The van der Waals surface area contributed by atoms with Crippen molar-refractivity contribution in [2.75, 3.05) is 5.32 Å². The highest BCUT2D eigenvalue weighted by Gasteiger charge is 2.20. The first kappa shape index (κ1) is 9.99. The van der Waals surface area contributed by atoms with Gasteiger partial charge in [0.05, 0.1) is 11.0 Å². The number of hydrogen-bond donors (Lipinski definition) is 3. The molecule has 13 heavy (non-hydrogen) atoms. The summed E-state index contributed by atoms with van der Waals surface area (Å²) >= 11 is 0. The normalized spacial score (nSPS) is 10.9. The van der Waals surface area contributed by atoms with Crippen LogP contribution in [0.25, 0.3) is 0 Å². The summed E-state index contributed by atoms with van der Waals surface area (Å²) in [5, 5.41) is 2.64. The summed E-state index contributed by atoms with van der Waals surface area (Å²) in [6.07, 6.45) is 1.37. The van der Waals surface area contributed by atoms with E-state index < -0.39 is 7.60 Å². The fourth-order valence-corrected chi connectivity index (χ4v) is 1.69. The zero-order chi connectivity index (χ0) is 9.90. The molecule has 0 heterocycles. The predicted molar refractivity (Wildman–Crippen MR) is 51.9 cm³/mol. The summed E-state index contributed by atoms with van der Waals surface area (Å²) in [5.74, 6) is 0. The maximum Gasteiger partial charge on any atom is 0.358 e. The second-order valence-corrected chi connectivity index (χ2v) is 3.98. The molecule has 0 atom stereocenters. The van der Waals surface area contributed by atoms with Gasteiger partial charge in [0.2, 0.25) is 0 Å². The Morgan fingerprint density at radius 3 is 2.54 bits per heavy atom. The van der Waals surface area contributed by atoms with E-state index in [9.17, 15) is 4.57 Å². The van der Waals surface area contributed by atoms with Gasteiger partial charge in [0.15, 0.2) is 0 Å². The molecule has 0 amide bonds. The molecule has 4 nitrogen and oxygen atoms in total. The zero-order valence-electron chi connectivity index (χ0n) is 6.84. The van der Waals surface area contributed by atoms with Gasteiger partial charge in [-0.1, -0.05) is 18.7 Å². The molecule has 70 valence electrons. The Morgan fingerprint density at radius 1 is 1.38 bits per heavy atom. The van der Waals surface area contributed by atoms with Crippen molar-refractivity contribution in [2.24, 2.45) is 0 Å². The third kappa shape index (κ3) is 2.42. The molecule has 0 bridgehead atoms. The number of benzene rings is 1. The first-order chi connectivity index (χ1) is 6.05. The number of anilines is 1. The van der Waals surface area contributed by atoms with Crippen LogP contribution >= 0.6 is 7.60 Å². The minimum atomic E-state index is -4.20. The lowest BCUT2D eigenvalue weighted by Crippen LogP contribution is -2.08. The summed E-state index contributed by atoms with van der Waals surface area (Å²) in [6, 6.07) is 6.22. The van der Waals surface area contributed by atoms with Crippen molar-refractivity contribution >= 4 is 18.6 Å². The van der Waals surface area contributed by atoms with E-state index in [0.29, 0.717) is 5.69 Å². The van der Waals surface area contributed by atoms with E-state index >= 15 is 0 Å². The molecule has 0 aliphatic heterocycles. The van der Waals surface area contributed by atoms with Gasteiger partial charge in [-0.05, 0) is 18.3 Å². The smallest absolute Gasteiger partial charge is 0.358 e. The molecular formula is C8H10NO3P. The van der Waals surface area contributed by atoms with E-state index in [-0.39, 0.29) is 5.30 Å². The average molecular weight is 199 g/mol. The van der Waals surface area contributed by atoms with E-state index in [0.717, 1.165) is 0 Å². The lowest BCUT2D eigenvalue weighted by Gasteiger charge is -2.09. The molecule has 0 aromatic heterocycles. The maximum absolute atomic E-state index is 10.9. The second-order valence-electron chi connectivity index (χ2n) is 2.41. The Kier molecular flexibility index (Phi) is 2.88. The van der Waals surface area contributed by atoms with Crippen LogP contribution in [0.5, 0.6) is 0 Å². The van der Waals surface area contributed by atoms with Gasteiger partial charge in [0.25, 0.3) is 0 Å². The zero-order valence-corrected chi connectivity index (χ0v) is 7.74. The van der Waals surface area contributed by atoms with Crippen molar-refractivity contribution in [1.29, 1.82) is 0 Å². The van der Waals surface area contributed by atoms with Crippen LogP contribution in [0.3, 0.4) is 0 Å². The number of rotatable bonds is 3. The summed E-state index contributed by atoms with van der Waals surface area (Å²) in [7, 11) is -4.20. The molecule has 0 fully saturated rings. The van der Waals surface area contributed by atoms with Crippen molar-refractivity contribution in [3.8, 4) is 0 Å². The molecule has 0 saturated carbocycles. The predicted octanol–water partition coefficient (Wildman–Crippen LogP) is 1.04. The van der Waals surface area contributed by atoms with Crippen molar-refractivity contribution in [2.45, 2.75) is 0 Å². The van der Waals surface area contributed by atoms with Gasteiger partial charge in [-0.2, -0.15) is 0 Å². The molecule has 5 heteroatoms. The second kappa shape index (κ2) is 3.75. The summed E-state index contributed by atoms with van der Waals surface area (Å²) in [6.45, 7) is 3.42. The maximum atomic E-state index is 10.9. The van der Waals surface area contributed by atoms with Gasteiger partial charge in [0, 0.05) is 0 Å². The fraction of sp³-hybridized carbons (Fsp3) is 0. The summed E-state index contributed by atoms with van der Waals surface area (Å²) in [5.41, 5.74) is 0.380. The SMILES string of the molecule is C=CNc1ccccc1P(=O)(O)O. The molecule has 3 N–H and O–H groups in total. The van der Waals surface area contributed by atoms with Crippen LogP contribution in [-0.4, -0.2) is 9.79 Å². The molecule has 0 aliphatic rings. The highest BCUT2D eigenvalue weighted by molar-refractivity contribution is 7.60. The fourth-order valence-electron chi connectivity index (χ4n) is 0.960. The van der Waals surface area contributed by atoms with Gasteiger partial charge in [0.1, 0.15) is 0 Å². The molecule has 1 aromatic rings. The van der Waals surface area contributed by atoms with E-state index in [4.69, 9.17) is 9.79 Å². The van der Waals surface area contributed by atoms with E-state index in [1.54, 1.807) is 18.2 Å². The number of para-hydroxylation sites is 1. The largest absolute Gasteiger partial charge is 0.362 e. The Morgan fingerprint density at radius 2 is 2.00 bits per heavy atom. The van der Waals surface area contributed by atoms with Gasteiger partial charge in [-0.15, -0.1) is 0 Å². The first-order valence-electron chi connectivity index (χ1n) is 3.58. The van der Waals surface area contributed by atoms with Crippen molar-refractivity contribution in [3.05, 3.63) is 37.0 Å². The highest BCUT2D eigenvalue weighted by Crippen LogP contribution is 2.36. The van der Waals surface area contributed by atoms with Crippen molar-refractivity contribution in [1.82, 2.24) is 0 Å². The Hall–Kier alpha value is -1.09. The van der Waals surface area contributed by atoms with Crippen LogP contribution in [0.2, 0.25) is 0 Å². The molecule has 0 unspecified atom stereocenters. The van der Waals surface area contributed by atoms with Crippen LogP contribution in [0.15, 0.2) is 37.0 Å². The van der Waals surface area contributed by atoms with Gasteiger partial charge < -0.3 is 15.1 Å². The molecule has 1 aromatic carbocycles. The van der Waals surface area contributed by atoms with Gasteiger partial charge >= 0.3 is 7.60 Å². The summed E-state index contributed by atoms with van der Waals surface area (Å²) in [4.78, 5) is 17.9. The third-order valence-electron chi connectivity index (χ3n) is 1.48. The van der Waals surface area contributed by atoms with E-state index in [2.05, 4.69) is 11.9 Å². The Balaban J connectivity index is 3.19. The molecule has 0 spiro atoms. The van der Waals surface area contributed by atoms with Crippen LogP contribution in [-0.2, 0) is 4.57 Å². The topological polar surface area (TPSA) is 69.6 Å².